The molecule has 2 aromatic heterocycles. The van der Waals surface area contributed by atoms with Crippen molar-refractivity contribution in [2.75, 3.05) is 55.8 Å². The van der Waals surface area contributed by atoms with E-state index >= 15 is 0 Å². The van der Waals surface area contributed by atoms with Crippen molar-refractivity contribution in [3.05, 3.63) is 109 Å². The zero-order chi connectivity index (χ0) is 46.1. The van der Waals surface area contributed by atoms with E-state index in [9.17, 15) is 0 Å². The minimum Gasteiger partial charge on any atom is -0.466 e. The Balaban J connectivity index is 1.02. The number of hydrogen-bond acceptors (Lipinski definition) is 14. The number of hydrogen-bond donors (Lipinski definition) is 1. The molecule has 7 aromatic carbocycles. The van der Waals surface area contributed by atoms with E-state index < -0.39 is 0 Å². The Morgan fingerprint density at radius 3 is 1.45 bits per heavy atom. The summed E-state index contributed by atoms with van der Waals surface area (Å²) in [4.78, 5) is 3.53. The molecule has 0 saturated heterocycles. The van der Waals surface area contributed by atoms with Crippen LogP contribution in [0, 0.1) is 0 Å². The van der Waals surface area contributed by atoms with Crippen molar-refractivity contribution < 1.29 is 18.3 Å². The van der Waals surface area contributed by atoms with Crippen molar-refractivity contribution in [3.8, 4) is 23.0 Å². The standard InChI is InChI=1S/C52H37B3N4O4S6/c1-64-25-15-35-46-44(19-25)60-49-28-11-7-9-13-42(28)62-51(49)54(46)30-21-31-36(23-34(30)56-35)57(67-4)39-16-26(65-2)17-40-47(39)53(31)32-22-33-38(24-37(32)58(40)68-5)59(69-6)41-18-27(66-3)20-45-48(41)55(33)52-50(61-45)29-12-8-10-14-43(29)63-52/h7-24,56H,1-6H3. The van der Waals surface area contributed by atoms with Gasteiger partial charge in [-0.05, 0) is 155 Å². The van der Waals surface area contributed by atoms with Gasteiger partial charge in [-0.25, -0.2) is 0 Å². The van der Waals surface area contributed by atoms with Crippen LogP contribution in [0.4, 0.5) is 45.5 Å². The Labute approximate surface area is 426 Å². The highest BCUT2D eigenvalue weighted by molar-refractivity contribution is 8.01. The normalized spacial score (nSPS) is 14.8. The fourth-order valence-electron chi connectivity index (χ4n) is 12.0. The summed E-state index contributed by atoms with van der Waals surface area (Å²) in [7, 11) is 0. The first-order chi connectivity index (χ1) is 33.9. The Morgan fingerprint density at radius 1 is 0.420 bits per heavy atom. The van der Waals surface area contributed by atoms with Crippen LogP contribution in [0.5, 0.6) is 23.0 Å². The second-order valence-electron chi connectivity index (χ2n) is 17.8. The quantitative estimate of drug-likeness (QED) is 0.0979. The predicted molar refractivity (Wildman–Crippen MR) is 304 cm³/mol. The third kappa shape index (κ3) is 5.52. The zero-order valence-corrected chi connectivity index (χ0v) is 42.9. The summed E-state index contributed by atoms with van der Waals surface area (Å²) in [5, 5.41) is 5.93. The minimum atomic E-state index is -0.193. The van der Waals surface area contributed by atoms with Crippen molar-refractivity contribution in [2.24, 2.45) is 0 Å². The minimum absolute atomic E-state index is 0.106. The topological polar surface area (TPSA) is 66.5 Å². The fourth-order valence-corrected chi connectivity index (χ4v) is 15.4. The van der Waals surface area contributed by atoms with Gasteiger partial charge in [0.05, 0.1) is 27.8 Å². The maximum atomic E-state index is 6.96. The summed E-state index contributed by atoms with van der Waals surface area (Å²) in [5.41, 5.74) is 21.0. The van der Waals surface area contributed by atoms with Crippen LogP contribution in [0.15, 0.2) is 133 Å². The lowest BCUT2D eigenvalue weighted by Crippen LogP contribution is -2.65. The molecule has 69 heavy (non-hydrogen) atoms. The van der Waals surface area contributed by atoms with Crippen LogP contribution < -0.4 is 77.3 Å². The first kappa shape index (κ1) is 41.5. The monoisotopic (exact) mass is 1010 g/mol. The van der Waals surface area contributed by atoms with Crippen LogP contribution in [-0.4, -0.2) is 57.7 Å². The number of anilines is 8. The van der Waals surface area contributed by atoms with Gasteiger partial charge in [-0.2, -0.15) is 0 Å². The van der Waals surface area contributed by atoms with E-state index in [1.807, 2.05) is 18.2 Å². The number of fused-ring (bicyclic) bond motifs is 16. The van der Waals surface area contributed by atoms with Gasteiger partial charge in [0, 0.05) is 72.8 Å². The molecule has 0 spiro atoms. The highest BCUT2D eigenvalue weighted by Gasteiger charge is 2.51. The molecule has 6 aliphatic heterocycles. The molecule has 17 heteroatoms. The van der Waals surface area contributed by atoms with Crippen LogP contribution in [-0.2, 0) is 0 Å². The zero-order valence-electron chi connectivity index (χ0n) is 38.0. The Bertz CT molecular complexity index is 3790. The third-order valence-electron chi connectivity index (χ3n) is 14.7. The van der Waals surface area contributed by atoms with Crippen molar-refractivity contribution in [2.45, 2.75) is 14.7 Å². The van der Waals surface area contributed by atoms with Crippen molar-refractivity contribution >= 4 is 208 Å². The van der Waals surface area contributed by atoms with Crippen LogP contribution in [0.2, 0.25) is 0 Å². The van der Waals surface area contributed by atoms with E-state index in [2.05, 4.69) is 147 Å². The van der Waals surface area contributed by atoms with E-state index in [-0.39, 0.29) is 20.1 Å². The Morgan fingerprint density at radius 2 is 0.884 bits per heavy atom. The molecule has 0 unspecified atom stereocenters. The van der Waals surface area contributed by atoms with Gasteiger partial charge in [-0.1, -0.05) is 36.4 Å². The van der Waals surface area contributed by atoms with Crippen molar-refractivity contribution in [1.29, 1.82) is 0 Å². The highest BCUT2D eigenvalue weighted by atomic mass is 32.2. The maximum absolute atomic E-state index is 6.96. The summed E-state index contributed by atoms with van der Waals surface area (Å²) >= 11 is 10.5. The second kappa shape index (κ2) is 15.1. The molecule has 15 rings (SSSR count). The van der Waals surface area contributed by atoms with Gasteiger partial charge in [0.25, 0.3) is 6.71 Å². The highest BCUT2D eigenvalue weighted by Crippen LogP contribution is 2.49. The summed E-state index contributed by atoms with van der Waals surface area (Å²) < 4.78 is 35.0. The fraction of sp³-hybridized carbons (Fsp3) is 0.115. The molecule has 0 aliphatic carbocycles. The van der Waals surface area contributed by atoms with Gasteiger partial charge in [0.15, 0.2) is 11.5 Å². The molecular weight excluding hydrogens is 969 g/mol. The van der Waals surface area contributed by atoms with Gasteiger partial charge in [-0.15, -0.1) is 35.3 Å². The number of ether oxygens (including phenoxy) is 2. The number of thioether (sulfide) groups is 3. The van der Waals surface area contributed by atoms with Crippen LogP contribution in [0.3, 0.4) is 0 Å². The first-order valence-corrected chi connectivity index (χ1v) is 29.8. The molecule has 0 atom stereocenters. The molecule has 0 saturated carbocycles. The molecule has 0 bridgehead atoms. The number of furan rings is 2. The number of rotatable bonds is 6. The van der Waals surface area contributed by atoms with Crippen molar-refractivity contribution in [1.82, 2.24) is 0 Å². The lowest BCUT2D eigenvalue weighted by atomic mass is 9.30. The van der Waals surface area contributed by atoms with Crippen molar-refractivity contribution in [3.63, 3.8) is 0 Å². The molecule has 0 amide bonds. The third-order valence-corrected chi connectivity index (χ3v) is 19.1. The average molecular weight is 1010 g/mol. The molecule has 9 aromatic rings. The molecular formula is C52H37B3N4O4S6. The molecule has 1 N–H and O–H groups in total. The molecule has 0 fully saturated rings. The van der Waals surface area contributed by atoms with E-state index in [1.54, 1.807) is 71.1 Å². The number of para-hydroxylation sites is 2. The second-order valence-corrected chi connectivity index (χ2v) is 22.7. The Kier molecular flexibility index (Phi) is 9.09. The van der Waals surface area contributed by atoms with E-state index in [1.165, 1.54) is 55.0 Å². The molecule has 8 heterocycles. The van der Waals surface area contributed by atoms with Crippen LogP contribution in [0.25, 0.3) is 21.9 Å². The summed E-state index contributed by atoms with van der Waals surface area (Å²) in [6.07, 6.45) is 13.0. The van der Waals surface area contributed by atoms with Gasteiger partial charge in [0.2, 0.25) is 0 Å². The molecule has 0 radical (unpaired) electrons. The molecule has 6 aliphatic rings. The van der Waals surface area contributed by atoms with E-state index in [0.717, 1.165) is 99.7 Å². The lowest BCUT2D eigenvalue weighted by molar-refractivity contribution is 0.481. The summed E-state index contributed by atoms with van der Waals surface area (Å²) in [6.45, 7) is -0.489. The van der Waals surface area contributed by atoms with Gasteiger partial charge in [-0.3, -0.25) is 12.9 Å². The van der Waals surface area contributed by atoms with Crippen LogP contribution in [0.1, 0.15) is 0 Å². The first-order valence-electron chi connectivity index (χ1n) is 22.6. The SMILES string of the molecule is CSc1cc2c3c(c1)Oc1c(oc4ccccc14)B3c1cc3c(cc1N2)N(SC)c1cc(SC)cc2c1B3c1cc3c(cc1N2SC)N(SC)c1cc(SC)cc2c1B3c1oc3ccccc3c1O2. The van der Waals surface area contributed by atoms with E-state index in [4.69, 9.17) is 18.3 Å². The Hall–Kier alpha value is -5.29. The summed E-state index contributed by atoms with van der Waals surface area (Å²) in [5.74, 6) is 3.36. The van der Waals surface area contributed by atoms with E-state index in [0.29, 0.717) is 0 Å². The number of nitrogens with zero attached hydrogens (tertiary/aromatic N) is 3. The number of nitrogens with one attached hydrogen (secondary N) is 1. The predicted octanol–water partition coefficient (Wildman–Crippen LogP) is 9.35. The van der Waals surface area contributed by atoms with Gasteiger partial charge < -0.3 is 23.6 Å². The summed E-state index contributed by atoms with van der Waals surface area (Å²) in [6, 6.07) is 40.2. The smallest absolute Gasteiger partial charge is 0.301 e. The maximum Gasteiger partial charge on any atom is 0.301 e. The molecule has 334 valence electrons. The van der Waals surface area contributed by atoms with Gasteiger partial charge in [0.1, 0.15) is 34.0 Å². The van der Waals surface area contributed by atoms with Crippen LogP contribution >= 0.6 is 71.1 Å². The largest absolute Gasteiger partial charge is 0.466 e. The molecule has 8 nitrogen and oxygen atoms in total. The number of benzene rings is 7. The van der Waals surface area contributed by atoms with Gasteiger partial charge >= 0.3 is 13.4 Å². The average Bonchev–Trinajstić information content (AvgIpc) is 3.95. The lowest BCUT2D eigenvalue weighted by Gasteiger charge is -2.45.